The molecule has 1 heterocycles. The van der Waals surface area contributed by atoms with Gasteiger partial charge in [0.05, 0.1) is 6.54 Å². The number of nitrogens with zero attached hydrogens (tertiary/aromatic N) is 1. The Balaban J connectivity index is 2.29. The van der Waals surface area contributed by atoms with Crippen molar-refractivity contribution in [3.8, 4) is 0 Å². The molecule has 1 amide bonds. The summed E-state index contributed by atoms with van der Waals surface area (Å²) in [5.41, 5.74) is 6.00. The van der Waals surface area contributed by atoms with Crippen molar-refractivity contribution in [2.45, 2.75) is 45.7 Å². The molecule has 0 aromatic heterocycles. The first-order valence-corrected chi connectivity index (χ1v) is 6.30. The van der Waals surface area contributed by atoms with Gasteiger partial charge in [0, 0.05) is 18.6 Å². The van der Waals surface area contributed by atoms with Gasteiger partial charge in [-0.05, 0) is 32.2 Å². The lowest BCUT2D eigenvalue weighted by molar-refractivity contribution is -0.123. The predicted octanol–water partition coefficient (Wildman–Crippen LogP) is 0.570. The van der Waals surface area contributed by atoms with E-state index in [-0.39, 0.29) is 18.0 Å². The van der Waals surface area contributed by atoms with Crippen LogP contribution in [0.15, 0.2) is 0 Å². The fraction of sp³-hybridized carbons (Fsp3) is 0.917. The Kier molecular flexibility index (Phi) is 5.22. The van der Waals surface area contributed by atoms with Gasteiger partial charge < -0.3 is 11.1 Å². The molecule has 3 atom stereocenters. The molecule has 1 aliphatic heterocycles. The standard InChI is InChI=1S/C12H25N3O/c1-4-10(3)14-12(16)8-15-6-5-9(2)11(13)7-15/h9-11H,4-8,13H2,1-3H3,(H,14,16). The fourth-order valence-corrected chi connectivity index (χ4v) is 1.94. The van der Waals surface area contributed by atoms with E-state index in [9.17, 15) is 4.79 Å². The lowest BCUT2D eigenvalue weighted by Gasteiger charge is -2.34. The lowest BCUT2D eigenvalue weighted by Crippen LogP contribution is -2.51. The number of rotatable bonds is 4. The summed E-state index contributed by atoms with van der Waals surface area (Å²) in [7, 11) is 0. The SMILES string of the molecule is CCC(C)NC(=O)CN1CCC(C)C(N)C1. The van der Waals surface area contributed by atoms with E-state index in [0.29, 0.717) is 12.5 Å². The molecule has 16 heavy (non-hydrogen) atoms. The normalized spacial score (nSPS) is 28.8. The number of hydrogen-bond acceptors (Lipinski definition) is 3. The number of piperidine rings is 1. The van der Waals surface area contributed by atoms with Crippen LogP contribution < -0.4 is 11.1 Å². The van der Waals surface area contributed by atoms with Crippen LogP contribution in [0.5, 0.6) is 0 Å². The zero-order valence-corrected chi connectivity index (χ0v) is 10.7. The molecule has 0 aromatic rings. The Hall–Kier alpha value is -0.610. The first-order chi connectivity index (χ1) is 7.52. The predicted molar refractivity (Wildman–Crippen MR) is 66.1 cm³/mol. The van der Waals surface area contributed by atoms with Crippen molar-refractivity contribution in [1.82, 2.24) is 10.2 Å². The van der Waals surface area contributed by atoms with E-state index in [4.69, 9.17) is 5.73 Å². The second-order valence-corrected chi connectivity index (χ2v) is 5.04. The van der Waals surface area contributed by atoms with Crippen LogP contribution in [0.1, 0.15) is 33.6 Å². The summed E-state index contributed by atoms with van der Waals surface area (Å²) in [6.45, 7) is 8.61. The number of likely N-dealkylation sites (tertiary alicyclic amines) is 1. The van der Waals surface area contributed by atoms with Crippen LogP contribution in [0, 0.1) is 5.92 Å². The summed E-state index contributed by atoms with van der Waals surface area (Å²) in [5.74, 6) is 0.699. The molecule has 3 N–H and O–H groups in total. The van der Waals surface area contributed by atoms with Gasteiger partial charge in [0.15, 0.2) is 0 Å². The molecule has 0 saturated carbocycles. The number of nitrogens with one attached hydrogen (secondary N) is 1. The molecule has 0 spiro atoms. The number of nitrogens with two attached hydrogens (primary N) is 1. The molecule has 4 heteroatoms. The smallest absolute Gasteiger partial charge is 0.234 e. The summed E-state index contributed by atoms with van der Waals surface area (Å²) in [5, 5.41) is 2.98. The van der Waals surface area contributed by atoms with Crippen LogP contribution in [-0.4, -0.2) is 42.5 Å². The molecular weight excluding hydrogens is 202 g/mol. The zero-order chi connectivity index (χ0) is 12.1. The van der Waals surface area contributed by atoms with Crippen LogP contribution in [0.4, 0.5) is 0 Å². The van der Waals surface area contributed by atoms with Crippen molar-refractivity contribution >= 4 is 5.91 Å². The van der Waals surface area contributed by atoms with E-state index in [1.807, 2.05) is 6.92 Å². The van der Waals surface area contributed by atoms with Crippen LogP contribution in [0.25, 0.3) is 0 Å². The Labute approximate surface area is 98.6 Å². The Morgan fingerprint density at radius 3 is 2.88 bits per heavy atom. The second kappa shape index (κ2) is 6.21. The van der Waals surface area contributed by atoms with Crippen molar-refractivity contribution in [2.24, 2.45) is 11.7 Å². The van der Waals surface area contributed by atoms with Gasteiger partial charge in [-0.25, -0.2) is 0 Å². The maximum absolute atomic E-state index is 11.7. The van der Waals surface area contributed by atoms with Crippen molar-refractivity contribution in [3.05, 3.63) is 0 Å². The number of amides is 1. The maximum Gasteiger partial charge on any atom is 0.234 e. The van der Waals surface area contributed by atoms with Crippen molar-refractivity contribution in [1.29, 1.82) is 0 Å². The summed E-state index contributed by atoms with van der Waals surface area (Å²) < 4.78 is 0. The molecule has 0 aliphatic carbocycles. The second-order valence-electron chi connectivity index (χ2n) is 5.04. The fourth-order valence-electron chi connectivity index (χ4n) is 1.94. The molecular formula is C12H25N3O. The molecule has 0 aromatic carbocycles. The van der Waals surface area contributed by atoms with Crippen LogP contribution in [0.2, 0.25) is 0 Å². The average molecular weight is 227 g/mol. The lowest BCUT2D eigenvalue weighted by atomic mass is 9.94. The highest BCUT2D eigenvalue weighted by atomic mass is 16.2. The third kappa shape index (κ3) is 4.10. The number of carbonyl (C=O) groups is 1. The quantitative estimate of drug-likeness (QED) is 0.738. The largest absolute Gasteiger partial charge is 0.353 e. The first kappa shape index (κ1) is 13.5. The zero-order valence-electron chi connectivity index (χ0n) is 10.7. The van der Waals surface area contributed by atoms with E-state index in [2.05, 4.69) is 24.1 Å². The molecule has 94 valence electrons. The molecule has 1 aliphatic rings. The van der Waals surface area contributed by atoms with Gasteiger partial charge in [-0.15, -0.1) is 0 Å². The van der Waals surface area contributed by atoms with Crippen molar-refractivity contribution in [3.63, 3.8) is 0 Å². The topological polar surface area (TPSA) is 58.4 Å². The van der Waals surface area contributed by atoms with Crippen LogP contribution in [0.3, 0.4) is 0 Å². The monoisotopic (exact) mass is 227 g/mol. The van der Waals surface area contributed by atoms with E-state index in [1.54, 1.807) is 0 Å². The number of carbonyl (C=O) groups excluding carboxylic acids is 1. The van der Waals surface area contributed by atoms with Gasteiger partial charge in [-0.3, -0.25) is 9.69 Å². The van der Waals surface area contributed by atoms with Gasteiger partial charge in [0.2, 0.25) is 5.91 Å². The van der Waals surface area contributed by atoms with Gasteiger partial charge in [-0.1, -0.05) is 13.8 Å². The molecule has 1 saturated heterocycles. The summed E-state index contributed by atoms with van der Waals surface area (Å²) in [6.07, 6.45) is 2.07. The van der Waals surface area contributed by atoms with Crippen LogP contribution in [-0.2, 0) is 4.79 Å². The van der Waals surface area contributed by atoms with Gasteiger partial charge >= 0.3 is 0 Å². The summed E-state index contributed by atoms with van der Waals surface area (Å²) >= 11 is 0. The Morgan fingerprint density at radius 1 is 1.62 bits per heavy atom. The average Bonchev–Trinajstić information content (AvgIpc) is 2.23. The van der Waals surface area contributed by atoms with Gasteiger partial charge in [0.25, 0.3) is 0 Å². The van der Waals surface area contributed by atoms with E-state index < -0.39 is 0 Å². The molecule has 0 bridgehead atoms. The third-order valence-electron chi connectivity index (χ3n) is 3.49. The highest BCUT2D eigenvalue weighted by molar-refractivity contribution is 5.78. The van der Waals surface area contributed by atoms with Crippen molar-refractivity contribution in [2.75, 3.05) is 19.6 Å². The van der Waals surface area contributed by atoms with Gasteiger partial charge in [-0.2, -0.15) is 0 Å². The highest BCUT2D eigenvalue weighted by Crippen LogP contribution is 2.14. The highest BCUT2D eigenvalue weighted by Gasteiger charge is 2.24. The molecule has 1 fully saturated rings. The molecule has 3 unspecified atom stereocenters. The van der Waals surface area contributed by atoms with Crippen molar-refractivity contribution < 1.29 is 4.79 Å². The van der Waals surface area contributed by atoms with E-state index >= 15 is 0 Å². The molecule has 0 radical (unpaired) electrons. The minimum absolute atomic E-state index is 0.121. The van der Waals surface area contributed by atoms with E-state index in [0.717, 1.165) is 25.9 Å². The Bertz CT molecular complexity index is 232. The first-order valence-electron chi connectivity index (χ1n) is 6.30. The van der Waals surface area contributed by atoms with Gasteiger partial charge in [0.1, 0.15) is 0 Å². The maximum atomic E-state index is 11.7. The minimum Gasteiger partial charge on any atom is -0.353 e. The minimum atomic E-state index is 0.121. The van der Waals surface area contributed by atoms with Crippen LogP contribution >= 0.6 is 0 Å². The summed E-state index contributed by atoms with van der Waals surface area (Å²) in [4.78, 5) is 13.8. The Morgan fingerprint density at radius 2 is 2.31 bits per heavy atom. The summed E-state index contributed by atoms with van der Waals surface area (Å²) in [6, 6.07) is 0.482. The van der Waals surface area contributed by atoms with E-state index in [1.165, 1.54) is 0 Å². The molecule has 1 rings (SSSR count). The number of hydrogen-bond donors (Lipinski definition) is 2. The molecule has 4 nitrogen and oxygen atoms in total. The third-order valence-corrected chi connectivity index (χ3v) is 3.49.